The molecule has 0 aliphatic heterocycles. The molecule has 0 aliphatic carbocycles. The van der Waals surface area contributed by atoms with Crippen molar-refractivity contribution in [1.29, 1.82) is 0 Å². The van der Waals surface area contributed by atoms with Crippen LogP contribution in [0.3, 0.4) is 0 Å². The van der Waals surface area contributed by atoms with Crippen LogP contribution in [-0.4, -0.2) is 4.98 Å². The molecule has 0 spiro atoms. The lowest BCUT2D eigenvalue weighted by Gasteiger charge is -2.12. The van der Waals surface area contributed by atoms with E-state index in [0.717, 1.165) is 16.8 Å². The van der Waals surface area contributed by atoms with Gasteiger partial charge in [-0.25, -0.2) is 0 Å². The van der Waals surface area contributed by atoms with Gasteiger partial charge in [-0.2, -0.15) is 0 Å². The highest BCUT2D eigenvalue weighted by Crippen LogP contribution is 2.34. The average molecular weight is 257 g/mol. The predicted octanol–water partition coefficient (Wildman–Crippen LogP) is 5.06. The van der Waals surface area contributed by atoms with Crippen molar-refractivity contribution in [2.75, 3.05) is 0 Å². The predicted molar refractivity (Wildman–Crippen MR) is 85.2 cm³/mol. The molecule has 0 bridgehead atoms. The molecule has 3 aromatic rings. The van der Waals surface area contributed by atoms with Gasteiger partial charge in [0.25, 0.3) is 0 Å². The maximum atomic E-state index is 4.44. The minimum atomic E-state index is 0.914. The molecular weight excluding hydrogens is 242 g/mol. The van der Waals surface area contributed by atoms with Crippen molar-refractivity contribution in [1.82, 2.24) is 4.98 Å². The van der Waals surface area contributed by atoms with Gasteiger partial charge in [-0.3, -0.25) is 4.98 Å². The second kappa shape index (κ2) is 5.54. The molecule has 0 amide bonds. The number of nitrogens with zero attached hydrogens (tertiary/aromatic N) is 1. The van der Waals surface area contributed by atoms with Crippen LogP contribution in [0.5, 0.6) is 0 Å². The fourth-order valence-electron chi connectivity index (χ4n) is 2.40. The van der Waals surface area contributed by atoms with E-state index >= 15 is 0 Å². The molecule has 96 valence electrons. The molecule has 20 heavy (non-hydrogen) atoms. The molecule has 0 atom stereocenters. The lowest BCUT2D eigenvalue weighted by molar-refractivity contribution is 1.30. The molecule has 0 saturated heterocycles. The van der Waals surface area contributed by atoms with Crippen LogP contribution in [0.4, 0.5) is 0 Å². The first kappa shape index (κ1) is 12.4. The summed E-state index contributed by atoms with van der Waals surface area (Å²) in [6.07, 6.45) is 3.65. The van der Waals surface area contributed by atoms with Crippen LogP contribution in [0.25, 0.3) is 28.3 Å². The van der Waals surface area contributed by atoms with E-state index in [4.69, 9.17) is 0 Å². The highest BCUT2D eigenvalue weighted by Gasteiger charge is 2.11. The largest absolute Gasteiger partial charge is 0.256 e. The Morgan fingerprint density at radius 1 is 0.750 bits per heavy atom. The van der Waals surface area contributed by atoms with Gasteiger partial charge < -0.3 is 0 Å². The van der Waals surface area contributed by atoms with Crippen molar-refractivity contribution in [2.24, 2.45) is 0 Å². The Labute approximate surface area is 119 Å². The molecule has 0 aliphatic rings. The maximum Gasteiger partial charge on any atom is 0.0708 e. The SMILES string of the molecule is C=Cc1nccc(-c2ccccc2)c1-c1ccccc1. The zero-order valence-electron chi connectivity index (χ0n) is 11.2. The van der Waals surface area contributed by atoms with Gasteiger partial charge in [0.2, 0.25) is 0 Å². The monoisotopic (exact) mass is 257 g/mol. The zero-order chi connectivity index (χ0) is 13.8. The summed E-state index contributed by atoms with van der Waals surface area (Å²) in [6, 6.07) is 22.8. The van der Waals surface area contributed by atoms with E-state index in [1.165, 1.54) is 11.1 Å². The van der Waals surface area contributed by atoms with Crippen molar-refractivity contribution in [3.8, 4) is 22.3 Å². The zero-order valence-corrected chi connectivity index (χ0v) is 11.2. The molecular formula is C19H15N. The second-order valence-electron chi connectivity index (χ2n) is 4.55. The van der Waals surface area contributed by atoms with Crippen LogP contribution in [0.2, 0.25) is 0 Å². The topological polar surface area (TPSA) is 12.9 Å². The van der Waals surface area contributed by atoms with Gasteiger partial charge in [0.15, 0.2) is 0 Å². The highest BCUT2D eigenvalue weighted by molar-refractivity contribution is 5.87. The van der Waals surface area contributed by atoms with Gasteiger partial charge in [-0.05, 0) is 28.8 Å². The van der Waals surface area contributed by atoms with Crippen LogP contribution < -0.4 is 0 Å². The van der Waals surface area contributed by atoms with Crippen LogP contribution in [-0.2, 0) is 0 Å². The Hall–Kier alpha value is -2.67. The van der Waals surface area contributed by atoms with Gasteiger partial charge in [0.05, 0.1) is 5.69 Å². The standard InChI is InChI=1S/C19H15N/c1-2-18-19(16-11-7-4-8-12-16)17(13-14-20-18)15-9-5-3-6-10-15/h2-14H,1H2. The van der Waals surface area contributed by atoms with Crippen LogP contribution >= 0.6 is 0 Å². The Morgan fingerprint density at radius 2 is 1.35 bits per heavy atom. The third-order valence-electron chi connectivity index (χ3n) is 3.32. The van der Waals surface area contributed by atoms with Gasteiger partial charge in [-0.15, -0.1) is 0 Å². The first-order valence-corrected chi connectivity index (χ1v) is 6.62. The quantitative estimate of drug-likeness (QED) is 0.639. The Bertz CT molecular complexity index is 715. The van der Waals surface area contributed by atoms with E-state index < -0.39 is 0 Å². The lowest BCUT2D eigenvalue weighted by Crippen LogP contribution is -1.92. The van der Waals surface area contributed by atoms with Gasteiger partial charge in [0.1, 0.15) is 0 Å². The summed E-state index contributed by atoms with van der Waals surface area (Å²) in [5.41, 5.74) is 5.58. The maximum absolute atomic E-state index is 4.44. The van der Waals surface area contributed by atoms with Crippen LogP contribution in [0, 0.1) is 0 Å². The molecule has 2 aromatic carbocycles. The molecule has 1 heterocycles. The van der Waals surface area contributed by atoms with Crippen molar-refractivity contribution in [3.63, 3.8) is 0 Å². The first-order valence-electron chi connectivity index (χ1n) is 6.62. The molecule has 1 aromatic heterocycles. The fourth-order valence-corrected chi connectivity index (χ4v) is 2.40. The Kier molecular flexibility index (Phi) is 3.42. The van der Waals surface area contributed by atoms with Crippen molar-refractivity contribution in [2.45, 2.75) is 0 Å². The first-order chi connectivity index (χ1) is 9.90. The number of rotatable bonds is 3. The Morgan fingerprint density at radius 3 is 1.95 bits per heavy atom. The molecule has 1 nitrogen and oxygen atoms in total. The number of benzene rings is 2. The Balaban J connectivity index is 2.29. The normalized spacial score (nSPS) is 10.2. The van der Waals surface area contributed by atoms with E-state index in [-0.39, 0.29) is 0 Å². The molecule has 0 fully saturated rings. The number of hydrogen-bond donors (Lipinski definition) is 0. The highest BCUT2D eigenvalue weighted by atomic mass is 14.7. The molecule has 3 rings (SSSR count). The van der Waals surface area contributed by atoms with Gasteiger partial charge in [-0.1, -0.05) is 67.2 Å². The average Bonchev–Trinajstić information content (AvgIpc) is 2.55. The summed E-state index contributed by atoms with van der Waals surface area (Å²) >= 11 is 0. The molecule has 1 heteroatoms. The van der Waals surface area contributed by atoms with E-state index in [0.29, 0.717) is 0 Å². The molecule has 0 saturated carbocycles. The summed E-state index contributed by atoms with van der Waals surface area (Å²) in [5.74, 6) is 0. The van der Waals surface area contributed by atoms with Crippen LogP contribution in [0.1, 0.15) is 5.69 Å². The summed E-state index contributed by atoms with van der Waals surface area (Å²) in [4.78, 5) is 4.44. The van der Waals surface area contributed by atoms with Crippen LogP contribution in [0.15, 0.2) is 79.5 Å². The van der Waals surface area contributed by atoms with Crippen molar-refractivity contribution in [3.05, 3.63) is 85.2 Å². The minimum absolute atomic E-state index is 0.914. The third kappa shape index (κ3) is 2.26. The third-order valence-corrected chi connectivity index (χ3v) is 3.32. The number of pyridine rings is 1. The van der Waals surface area contributed by atoms with E-state index in [2.05, 4.69) is 54.0 Å². The number of hydrogen-bond acceptors (Lipinski definition) is 1. The van der Waals surface area contributed by atoms with E-state index in [9.17, 15) is 0 Å². The van der Waals surface area contributed by atoms with E-state index in [1.54, 1.807) is 0 Å². The second-order valence-corrected chi connectivity index (χ2v) is 4.55. The molecule has 0 N–H and O–H groups in total. The van der Waals surface area contributed by atoms with Gasteiger partial charge >= 0.3 is 0 Å². The van der Waals surface area contributed by atoms with Crippen molar-refractivity contribution >= 4 is 6.08 Å². The lowest BCUT2D eigenvalue weighted by atomic mass is 9.94. The minimum Gasteiger partial charge on any atom is -0.256 e. The molecule has 0 unspecified atom stereocenters. The smallest absolute Gasteiger partial charge is 0.0708 e. The summed E-state index contributed by atoms with van der Waals surface area (Å²) in [6.45, 7) is 3.89. The van der Waals surface area contributed by atoms with Gasteiger partial charge in [0, 0.05) is 11.8 Å². The van der Waals surface area contributed by atoms with Crippen molar-refractivity contribution < 1.29 is 0 Å². The summed E-state index contributed by atoms with van der Waals surface area (Å²) in [7, 11) is 0. The summed E-state index contributed by atoms with van der Waals surface area (Å²) < 4.78 is 0. The van der Waals surface area contributed by atoms with E-state index in [1.807, 2.05) is 36.5 Å². The fraction of sp³-hybridized carbons (Fsp3) is 0. The summed E-state index contributed by atoms with van der Waals surface area (Å²) in [5, 5.41) is 0. The number of aromatic nitrogens is 1. The molecule has 0 radical (unpaired) electrons.